The van der Waals surface area contributed by atoms with Crippen LogP contribution in [-0.4, -0.2) is 9.67 Å². The predicted octanol–water partition coefficient (Wildman–Crippen LogP) is 4.55. The van der Waals surface area contributed by atoms with Crippen LogP contribution in [0.1, 0.15) is 82.5 Å². The zero-order chi connectivity index (χ0) is 14.2. The third-order valence-corrected chi connectivity index (χ3v) is 4.58. The maximum Gasteiger partial charge on any atom is 0.0812 e. The highest BCUT2D eigenvalue weighted by molar-refractivity contribution is 5.33. The summed E-state index contributed by atoms with van der Waals surface area (Å²) in [6.07, 6.45) is 5.32. The molecule has 2 rings (SSSR count). The second kappa shape index (κ2) is 5.32. The van der Waals surface area contributed by atoms with Crippen LogP contribution in [0.2, 0.25) is 0 Å². The largest absolute Gasteiger partial charge is 0.388 e. The minimum atomic E-state index is -0.280. The second-order valence-electron chi connectivity index (χ2n) is 6.97. The summed E-state index contributed by atoms with van der Waals surface area (Å²) < 4.78 is 2.52. The van der Waals surface area contributed by atoms with Gasteiger partial charge in [-0.15, -0.1) is 0 Å². The van der Waals surface area contributed by atoms with Crippen molar-refractivity contribution in [3.8, 4) is 0 Å². The molecule has 2 nitrogen and oxygen atoms in total. The van der Waals surface area contributed by atoms with Crippen molar-refractivity contribution in [3.63, 3.8) is 0 Å². The molecule has 1 aliphatic carbocycles. The SMILES string of the molecule is CCCC(CC)n1c(C)cc2c1CC(C)(C)CC2O. The van der Waals surface area contributed by atoms with E-state index in [4.69, 9.17) is 0 Å². The lowest BCUT2D eigenvalue weighted by atomic mass is 9.75. The van der Waals surface area contributed by atoms with Gasteiger partial charge in [0.05, 0.1) is 6.10 Å². The van der Waals surface area contributed by atoms with Crippen LogP contribution in [0, 0.1) is 12.3 Å². The van der Waals surface area contributed by atoms with Crippen LogP contribution in [0.5, 0.6) is 0 Å². The quantitative estimate of drug-likeness (QED) is 0.846. The van der Waals surface area contributed by atoms with Gasteiger partial charge in [-0.3, -0.25) is 0 Å². The van der Waals surface area contributed by atoms with E-state index < -0.39 is 0 Å². The maximum atomic E-state index is 10.4. The van der Waals surface area contributed by atoms with Crippen molar-refractivity contribution in [3.05, 3.63) is 23.0 Å². The van der Waals surface area contributed by atoms with Crippen molar-refractivity contribution in [1.29, 1.82) is 0 Å². The first kappa shape index (κ1) is 14.6. The molecular weight excluding hydrogens is 234 g/mol. The number of rotatable bonds is 4. The molecule has 1 N–H and O–H groups in total. The molecule has 2 atom stereocenters. The molecule has 2 unspecified atom stereocenters. The topological polar surface area (TPSA) is 25.2 Å². The van der Waals surface area contributed by atoms with E-state index in [1.54, 1.807) is 0 Å². The predicted molar refractivity (Wildman–Crippen MR) is 80.5 cm³/mol. The second-order valence-corrected chi connectivity index (χ2v) is 6.97. The first-order valence-corrected chi connectivity index (χ1v) is 7.78. The third kappa shape index (κ3) is 2.74. The van der Waals surface area contributed by atoms with E-state index in [2.05, 4.69) is 45.3 Å². The Labute approximate surface area is 117 Å². The molecule has 0 aromatic carbocycles. The summed E-state index contributed by atoms with van der Waals surface area (Å²) in [4.78, 5) is 0. The van der Waals surface area contributed by atoms with Crippen LogP contribution >= 0.6 is 0 Å². The van der Waals surface area contributed by atoms with E-state index in [0.717, 1.165) is 12.8 Å². The lowest BCUT2D eigenvalue weighted by Gasteiger charge is -2.35. The minimum absolute atomic E-state index is 0.208. The van der Waals surface area contributed by atoms with Crippen LogP contribution in [0.4, 0.5) is 0 Å². The molecule has 0 amide bonds. The van der Waals surface area contributed by atoms with Gasteiger partial charge in [-0.25, -0.2) is 0 Å². The van der Waals surface area contributed by atoms with Gasteiger partial charge < -0.3 is 9.67 Å². The molecule has 0 radical (unpaired) electrons. The van der Waals surface area contributed by atoms with E-state index in [1.165, 1.54) is 36.2 Å². The standard InChI is InChI=1S/C17H29NO/c1-6-8-13(7-2)18-12(3)9-14-15(18)10-17(4,5)11-16(14)19/h9,13,16,19H,6-8,10-11H2,1-5H3. The number of aliphatic hydroxyl groups excluding tert-OH is 1. The minimum Gasteiger partial charge on any atom is -0.388 e. The van der Waals surface area contributed by atoms with Gasteiger partial charge in [0.15, 0.2) is 0 Å². The summed E-state index contributed by atoms with van der Waals surface area (Å²) in [5.41, 5.74) is 4.11. The number of hydrogen-bond acceptors (Lipinski definition) is 1. The summed E-state index contributed by atoms with van der Waals surface area (Å²) in [7, 11) is 0. The van der Waals surface area contributed by atoms with Gasteiger partial charge >= 0.3 is 0 Å². The van der Waals surface area contributed by atoms with Gasteiger partial charge in [0.2, 0.25) is 0 Å². The molecule has 1 aromatic heterocycles. The normalized spacial score (nSPS) is 23.2. The number of aliphatic hydroxyl groups is 1. The van der Waals surface area contributed by atoms with Crippen LogP contribution in [0.25, 0.3) is 0 Å². The Bertz CT molecular complexity index is 444. The number of nitrogens with zero attached hydrogens (tertiary/aromatic N) is 1. The highest BCUT2D eigenvalue weighted by atomic mass is 16.3. The summed E-state index contributed by atoms with van der Waals surface area (Å²) in [6, 6.07) is 2.81. The summed E-state index contributed by atoms with van der Waals surface area (Å²) in [6.45, 7) is 11.3. The van der Waals surface area contributed by atoms with E-state index in [1.807, 2.05) is 0 Å². The fourth-order valence-electron chi connectivity index (χ4n) is 3.72. The molecule has 0 spiro atoms. The monoisotopic (exact) mass is 263 g/mol. The average Bonchev–Trinajstić information content (AvgIpc) is 2.62. The summed E-state index contributed by atoms with van der Waals surface area (Å²) in [5, 5.41) is 10.4. The highest BCUT2D eigenvalue weighted by Crippen LogP contribution is 2.43. The molecule has 2 heteroatoms. The van der Waals surface area contributed by atoms with E-state index in [-0.39, 0.29) is 11.5 Å². The highest BCUT2D eigenvalue weighted by Gasteiger charge is 2.34. The molecule has 1 heterocycles. The number of hydrogen-bond donors (Lipinski definition) is 1. The van der Waals surface area contributed by atoms with Gasteiger partial charge in [-0.05, 0) is 44.1 Å². The molecule has 0 bridgehead atoms. The van der Waals surface area contributed by atoms with Crippen LogP contribution in [0.15, 0.2) is 6.07 Å². The lowest BCUT2D eigenvalue weighted by Crippen LogP contribution is -2.27. The first-order chi connectivity index (χ1) is 8.89. The fraction of sp³-hybridized carbons (Fsp3) is 0.765. The number of aryl methyl sites for hydroxylation is 1. The Morgan fingerprint density at radius 3 is 2.68 bits per heavy atom. The Hall–Kier alpha value is -0.760. The zero-order valence-electron chi connectivity index (χ0n) is 13.2. The Kier molecular flexibility index (Phi) is 4.10. The van der Waals surface area contributed by atoms with Gasteiger partial charge in [-0.1, -0.05) is 34.1 Å². The Morgan fingerprint density at radius 2 is 2.11 bits per heavy atom. The first-order valence-electron chi connectivity index (χ1n) is 7.78. The van der Waals surface area contributed by atoms with E-state index in [0.29, 0.717) is 6.04 Å². The van der Waals surface area contributed by atoms with Crippen molar-refractivity contribution in [2.45, 2.75) is 78.9 Å². The van der Waals surface area contributed by atoms with Crippen molar-refractivity contribution >= 4 is 0 Å². The van der Waals surface area contributed by atoms with Gasteiger partial charge in [0.25, 0.3) is 0 Å². The molecule has 0 saturated carbocycles. The third-order valence-electron chi connectivity index (χ3n) is 4.58. The van der Waals surface area contributed by atoms with E-state index >= 15 is 0 Å². The van der Waals surface area contributed by atoms with Crippen LogP contribution < -0.4 is 0 Å². The number of aromatic nitrogens is 1. The molecule has 1 aliphatic rings. The van der Waals surface area contributed by atoms with Crippen molar-refractivity contribution in [1.82, 2.24) is 4.57 Å². The maximum absolute atomic E-state index is 10.4. The van der Waals surface area contributed by atoms with Crippen molar-refractivity contribution in [2.24, 2.45) is 5.41 Å². The van der Waals surface area contributed by atoms with Gasteiger partial charge in [0, 0.05) is 23.0 Å². The van der Waals surface area contributed by atoms with Crippen molar-refractivity contribution < 1.29 is 5.11 Å². The summed E-state index contributed by atoms with van der Waals surface area (Å²) in [5.74, 6) is 0. The molecule has 19 heavy (non-hydrogen) atoms. The molecule has 1 aromatic rings. The van der Waals surface area contributed by atoms with E-state index in [9.17, 15) is 5.11 Å². The lowest BCUT2D eigenvalue weighted by molar-refractivity contribution is 0.0972. The average molecular weight is 263 g/mol. The fourth-order valence-corrected chi connectivity index (χ4v) is 3.72. The van der Waals surface area contributed by atoms with Gasteiger partial charge in [0.1, 0.15) is 0 Å². The molecule has 0 aliphatic heterocycles. The van der Waals surface area contributed by atoms with Crippen molar-refractivity contribution in [2.75, 3.05) is 0 Å². The van der Waals surface area contributed by atoms with Crippen LogP contribution in [0.3, 0.4) is 0 Å². The number of fused-ring (bicyclic) bond motifs is 1. The molecule has 0 fully saturated rings. The zero-order valence-corrected chi connectivity index (χ0v) is 13.2. The summed E-state index contributed by atoms with van der Waals surface area (Å²) >= 11 is 0. The Morgan fingerprint density at radius 1 is 1.42 bits per heavy atom. The van der Waals surface area contributed by atoms with Gasteiger partial charge in [-0.2, -0.15) is 0 Å². The smallest absolute Gasteiger partial charge is 0.0812 e. The molecule has 108 valence electrons. The Balaban J connectivity index is 2.46. The molecular formula is C17H29NO. The van der Waals surface area contributed by atoms with Crippen LogP contribution in [-0.2, 0) is 6.42 Å². The molecule has 0 saturated heterocycles.